The summed E-state index contributed by atoms with van der Waals surface area (Å²) in [4.78, 5) is 27.8. The molecule has 0 fully saturated rings. The van der Waals surface area contributed by atoms with Gasteiger partial charge in [0.25, 0.3) is 11.7 Å². The van der Waals surface area contributed by atoms with Crippen LogP contribution in [0, 0.1) is 0 Å². The van der Waals surface area contributed by atoms with Crippen LogP contribution >= 0.6 is 0 Å². The van der Waals surface area contributed by atoms with Crippen LogP contribution in [0.5, 0.6) is 5.75 Å². The minimum atomic E-state index is -2.54. The Morgan fingerprint density at radius 1 is 1.39 bits per heavy atom. The summed E-state index contributed by atoms with van der Waals surface area (Å²) in [6.07, 6.45) is 1.42. The van der Waals surface area contributed by atoms with Gasteiger partial charge in [-0.1, -0.05) is 0 Å². The topological polar surface area (TPSA) is 62.4 Å². The number of likely N-dealkylation sites (N-methyl/N-ethyl adjacent to an activating group) is 1. The van der Waals surface area contributed by atoms with Gasteiger partial charge in [0.2, 0.25) is 0 Å². The third-order valence-electron chi connectivity index (χ3n) is 2.62. The first kappa shape index (κ1) is 8.74. The van der Waals surface area contributed by atoms with Crippen molar-refractivity contribution in [1.82, 2.24) is 9.88 Å². The molecule has 1 heterocycles. The number of amides is 1. The highest BCUT2D eigenvalue weighted by Crippen LogP contribution is 2.23. The number of hydrogen-bond donors (Lipinski definition) is 1. The number of H-pyrrole nitrogens is 1. The van der Waals surface area contributed by atoms with Crippen LogP contribution in [0.2, 0.25) is 0 Å². The number of nitrogens with one attached hydrogen (secondary N) is 1. The fraction of sp³-hybridized carbons (Fsp3) is 0.231. The summed E-state index contributed by atoms with van der Waals surface area (Å²) >= 11 is 0. The molecule has 0 atom stereocenters. The van der Waals surface area contributed by atoms with E-state index in [1.54, 1.807) is 6.07 Å². The average molecular weight is 249 g/mol. The number of rotatable bonds is 3. The first-order chi connectivity index (χ1) is 9.69. The van der Waals surface area contributed by atoms with Crippen LogP contribution < -0.4 is 4.74 Å². The summed E-state index contributed by atoms with van der Waals surface area (Å²) in [7, 11) is 0.453. The molecule has 1 amide bonds. The summed E-state index contributed by atoms with van der Waals surface area (Å²) < 4.78 is 25.9. The molecule has 5 heteroatoms. The van der Waals surface area contributed by atoms with Crippen molar-refractivity contribution < 1.29 is 18.4 Å². The number of aromatic nitrogens is 1. The van der Waals surface area contributed by atoms with Crippen LogP contribution in [0.3, 0.4) is 0 Å². The van der Waals surface area contributed by atoms with E-state index in [0.29, 0.717) is 10.9 Å². The minimum absolute atomic E-state index is 0.155. The number of aromatic amines is 1. The van der Waals surface area contributed by atoms with Crippen LogP contribution in [0.25, 0.3) is 10.9 Å². The predicted molar refractivity (Wildman–Crippen MR) is 67.9 cm³/mol. The Kier molecular flexibility index (Phi) is 2.20. The Balaban J connectivity index is 2.38. The average Bonchev–Trinajstić information content (AvgIpc) is 2.77. The Bertz CT molecular complexity index is 704. The van der Waals surface area contributed by atoms with Crippen molar-refractivity contribution >= 4 is 22.6 Å². The summed E-state index contributed by atoms with van der Waals surface area (Å²) in [5.74, 6) is -1.10. The van der Waals surface area contributed by atoms with Gasteiger partial charge in [-0.3, -0.25) is 9.59 Å². The highest BCUT2D eigenvalue weighted by atomic mass is 16.5. The molecule has 0 unspecified atom stereocenters. The quantitative estimate of drug-likeness (QED) is 0.661. The van der Waals surface area contributed by atoms with Gasteiger partial charge in [-0.05, 0) is 12.1 Å². The van der Waals surface area contributed by atoms with E-state index in [1.807, 2.05) is 0 Å². The molecule has 1 aromatic heterocycles. The second kappa shape index (κ2) is 4.52. The van der Waals surface area contributed by atoms with Gasteiger partial charge in [0, 0.05) is 37.3 Å². The first-order valence-corrected chi connectivity index (χ1v) is 5.25. The summed E-state index contributed by atoms with van der Waals surface area (Å²) in [6.45, 7) is 0. The Morgan fingerprint density at radius 3 is 2.83 bits per heavy atom. The summed E-state index contributed by atoms with van der Waals surface area (Å²) in [6, 6.07) is 4.46. The summed E-state index contributed by atoms with van der Waals surface area (Å²) in [5.41, 5.74) is 0.760. The number of benzene rings is 1. The molecule has 2 rings (SSSR count). The lowest BCUT2D eigenvalue weighted by Gasteiger charge is -2.08. The van der Waals surface area contributed by atoms with E-state index in [1.165, 1.54) is 37.3 Å². The molecular weight excluding hydrogens is 232 g/mol. The van der Waals surface area contributed by atoms with E-state index in [2.05, 4.69) is 4.98 Å². The molecule has 5 nitrogen and oxygen atoms in total. The van der Waals surface area contributed by atoms with Crippen LogP contribution in [-0.2, 0) is 4.79 Å². The van der Waals surface area contributed by atoms with Crippen molar-refractivity contribution in [2.75, 3.05) is 21.1 Å². The molecule has 2 aromatic rings. The molecule has 0 aliphatic heterocycles. The van der Waals surface area contributed by atoms with Gasteiger partial charge in [0.1, 0.15) is 5.75 Å². The molecule has 0 radical (unpaired) electrons. The maximum Gasteiger partial charge on any atom is 0.294 e. The van der Waals surface area contributed by atoms with Crippen molar-refractivity contribution in [3.8, 4) is 5.75 Å². The summed E-state index contributed by atoms with van der Waals surface area (Å²) in [5, 5.41) is 0.535. The normalized spacial score (nSPS) is 13.6. The second-order valence-electron chi connectivity index (χ2n) is 4.04. The van der Waals surface area contributed by atoms with Gasteiger partial charge in [0.15, 0.2) is 0 Å². The van der Waals surface area contributed by atoms with Crippen LogP contribution in [0.4, 0.5) is 0 Å². The van der Waals surface area contributed by atoms with Gasteiger partial charge < -0.3 is 14.6 Å². The number of ether oxygens (including phenoxy) is 1. The van der Waals surface area contributed by atoms with Crippen LogP contribution in [-0.4, -0.2) is 42.7 Å². The standard InChI is InChI=1S/C13H14N2O3/c1-15(2)13(17)12(16)10-7-14-11-6-8(18-3)4-5-9(10)11/h4-7,14H,1-3H3/i3D3. The van der Waals surface area contributed by atoms with Crippen LogP contribution in [0.1, 0.15) is 14.5 Å². The molecule has 0 spiro atoms. The number of methoxy groups -OCH3 is 1. The van der Waals surface area contributed by atoms with Gasteiger partial charge in [-0.25, -0.2) is 0 Å². The Labute approximate surface area is 109 Å². The molecule has 0 aliphatic rings. The van der Waals surface area contributed by atoms with Crippen molar-refractivity contribution in [2.45, 2.75) is 0 Å². The van der Waals surface area contributed by atoms with E-state index in [0.717, 1.165) is 0 Å². The molecule has 1 aromatic carbocycles. The lowest BCUT2D eigenvalue weighted by atomic mass is 10.1. The largest absolute Gasteiger partial charge is 0.497 e. The molecule has 0 bridgehead atoms. The minimum Gasteiger partial charge on any atom is -0.497 e. The molecule has 94 valence electrons. The zero-order valence-electron chi connectivity index (χ0n) is 13.0. The third kappa shape index (κ3) is 1.95. The molecular formula is C13H14N2O3. The zero-order valence-corrected chi connectivity index (χ0v) is 9.98. The lowest BCUT2D eigenvalue weighted by Crippen LogP contribution is -2.29. The van der Waals surface area contributed by atoms with E-state index in [9.17, 15) is 9.59 Å². The first-order valence-electron chi connectivity index (χ1n) is 6.75. The fourth-order valence-corrected chi connectivity index (χ4v) is 1.67. The Morgan fingerprint density at radius 2 is 2.17 bits per heavy atom. The van der Waals surface area contributed by atoms with Gasteiger partial charge in [0.05, 0.1) is 16.7 Å². The van der Waals surface area contributed by atoms with E-state index in [4.69, 9.17) is 8.85 Å². The van der Waals surface area contributed by atoms with Gasteiger partial charge >= 0.3 is 0 Å². The lowest BCUT2D eigenvalue weighted by molar-refractivity contribution is -0.124. The predicted octanol–water partition coefficient (Wildman–Crippen LogP) is 1.45. The van der Waals surface area contributed by atoms with E-state index >= 15 is 0 Å². The van der Waals surface area contributed by atoms with Gasteiger partial charge in [-0.15, -0.1) is 0 Å². The van der Waals surface area contributed by atoms with Crippen molar-refractivity contribution in [2.24, 2.45) is 0 Å². The number of fused-ring (bicyclic) bond motifs is 1. The highest BCUT2D eigenvalue weighted by molar-refractivity contribution is 6.44. The Hall–Kier alpha value is -2.30. The maximum atomic E-state index is 12.0. The SMILES string of the molecule is [2H]C([2H])([2H])Oc1ccc2c(C(=O)C(=O)N(C)C)c[nH]c2c1. The van der Waals surface area contributed by atoms with Crippen molar-refractivity contribution in [3.05, 3.63) is 30.0 Å². The zero-order chi connectivity index (χ0) is 15.8. The highest BCUT2D eigenvalue weighted by Gasteiger charge is 2.21. The van der Waals surface area contributed by atoms with Crippen LogP contribution in [0.15, 0.2) is 24.4 Å². The molecule has 1 N–H and O–H groups in total. The molecule has 0 aliphatic carbocycles. The number of carbonyl (C=O) groups is 2. The number of carbonyl (C=O) groups excluding carboxylic acids is 2. The van der Waals surface area contributed by atoms with E-state index in [-0.39, 0.29) is 11.3 Å². The third-order valence-corrected chi connectivity index (χ3v) is 2.62. The smallest absolute Gasteiger partial charge is 0.294 e. The van der Waals surface area contributed by atoms with Crippen molar-refractivity contribution in [1.29, 1.82) is 0 Å². The monoisotopic (exact) mass is 249 g/mol. The second-order valence-corrected chi connectivity index (χ2v) is 4.04. The van der Waals surface area contributed by atoms with Crippen molar-refractivity contribution in [3.63, 3.8) is 0 Å². The molecule has 0 saturated carbocycles. The number of nitrogens with zero attached hydrogens (tertiary/aromatic N) is 1. The number of hydrogen-bond acceptors (Lipinski definition) is 3. The van der Waals surface area contributed by atoms with Gasteiger partial charge in [-0.2, -0.15) is 0 Å². The fourth-order valence-electron chi connectivity index (χ4n) is 1.67. The number of Topliss-reactive ketones (excluding diaryl/α,β-unsaturated/α-hetero) is 1. The van der Waals surface area contributed by atoms with E-state index < -0.39 is 18.7 Å². The number of ketones is 1. The molecule has 0 saturated heterocycles. The maximum absolute atomic E-state index is 12.0. The molecule has 18 heavy (non-hydrogen) atoms.